The van der Waals surface area contributed by atoms with Crippen molar-refractivity contribution in [2.75, 3.05) is 75.9 Å². The number of rotatable bonds is 46. The van der Waals surface area contributed by atoms with E-state index in [-0.39, 0.29) is 80.5 Å². The molecule has 0 amide bonds. The maximum atomic E-state index is 15.1. The first-order chi connectivity index (χ1) is 37.9. The molecule has 0 spiro atoms. The Labute approximate surface area is 481 Å². The Morgan fingerprint density at radius 2 is 0.861 bits per heavy atom. The van der Waals surface area contributed by atoms with E-state index in [2.05, 4.69) is 6.92 Å². The number of aromatic nitrogens is 2. The molecule has 0 bridgehead atoms. The Bertz CT molecular complexity index is 2090. The average Bonchev–Trinajstić information content (AvgIpc) is 3.63. The van der Waals surface area contributed by atoms with Crippen LogP contribution in [0.25, 0.3) is 10.9 Å². The number of anilines is 1. The molecule has 17 heteroatoms. The second-order valence-corrected chi connectivity index (χ2v) is 22.5. The van der Waals surface area contributed by atoms with E-state index < -0.39 is 24.4 Å². The van der Waals surface area contributed by atoms with Crippen LogP contribution in [0.4, 0.5) is 5.69 Å². The van der Waals surface area contributed by atoms with Gasteiger partial charge in [0.15, 0.2) is 10.9 Å². The highest BCUT2D eigenvalue weighted by molar-refractivity contribution is 7.80. The standard InChI is InChI=1S/C62H106N4O12S/c1-12-13-14-15-16-17-18-19-20-21-22-23-24-28-35-59(69)60-63-58-34-30-29-33-57(58)61(70)66(60)65(37-49(5)74-41-53(9)78-45-55(11)76-43-51(7)72-39-47(3)68)62(79)64(56-31-26-25-27-32-56)36-48(4)73-40-52(8)77-44-54(10)75-42-50(6)71-38-46(2)67/h25-27,29-34,46-55,59,67-69H,12-24,28,35-45H2,1-11H3. The summed E-state index contributed by atoms with van der Waals surface area (Å²) < 4.78 is 49.9. The van der Waals surface area contributed by atoms with Crippen molar-refractivity contribution in [2.45, 2.75) is 240 Å². The van der Waals surface area contributed by atoms with E-state index in [9.17, 15) is 15.3 Å². The Balaban J connectivity index is 1.84. The van der Waals surface area contributed by atoms with Crippen LogP contribution in [0.1, 0.15) is 184 Å². The van der Waals surface area contributed by atoms with E-state index >= 15 is 4.79 Å². The number of aliphatic hydroxyl groups is 3. The molecule has 3 N–H and O–H groups in total. The molecule has 0 saturated heterocycles. The molecule has 3 rings (SSSR count). The van der Waals surface area contributed by atoms with Gasteiger partial charge in [-0.15, -0.1) is 0 Å². The average molecular weight is 1130 g/mol. The molecule has 0 aliphatic heterocycles. The highest BCUT2D eigenvalue weighted by Gasteiger charge is 2.30. The number of ether oxygens (including phenoxy) is 8. The first-order valence-corrected chi connectivity index (χ1v) is 30.4. The largest absolute Gasteiger partial charge is 0.391 e. The molecule has 16 nitrogen and oxygen atoms in total. The van der Waals surface area contributed by atoms with Gasteiger partial charge in [-0.1, -0.05) is 127 Å². The fraction of sp³-hybridized carbons (Fsp3) is 0.758. The van der Waals surface area contributed by atoms with Crippen molar-refractivity contribution < 1.29 is 53.2 Å². The molecule has 11 unspecified atom stereocenters. The number of thiocarbonyl (C=S) groups is 1. The predicted octanol–water partition coefficient (Wildman–Crippen LogP) is 11.0. The van der Waals surface area contributed by atoms with Gasteiger partial charge in [0.05, 0.1) is 138 Å². The van der Waals surface area contributed by atoms with Gasteiger partial charge in [0.1, 0.15) is 6.10 Å². The van der Waals surface area contributed by atoms with E-state index in [0.717, 1.165) is 24.9 Å². The van der Waals surface area contributed by atoms with Crippen LogP contribution in [0.5, 0.6) is 0 Å². The summed E-state index contributed by atoms with van der Waals surface area (Å²) in [6.07, 6.45) is 13.3. The minimum absolute atomic E-state index is 0.128. The Morgan fingerprint density at radius 3 is 1.29 bits per heavy atom. The number of benzene rings is 2. The summed E-state index contributed by atoms with van der Waals surface area (Å²) in [7, 11) is 0. The van der Waals surface area contributed by atoms with Crippen molar-refractivity contribution in [3.8, 4) is 0 Å². The van der Waals surface area contributed by atoms with Gasteiger partial charge >= 0.3 is 0 Å². The summed E-state index contributed by atoms with van der Waals surface area (Å²) in [5, 5.41) is 33.7. The summed E-state index contributed by atoms with van der Waals surface area (Å²) in [4.78, 5) is 22.1. The molecular weight excluding hydrogens is 1020 g/mol. The normalized spacial score (nSPS) is 16.2. The molecule has 11 atom stereocenters. The lowest BCUT2D eigenvalue weighted by molar-refractivity contribution is -0.0906. The number of unbranched alkanes of at least 4 members (excludes halogenated alkanes) is 13. The van der Waals surface area contributed by atoms with Crippen molar-refractivity contribution in [2.24, 2.45) is 0 Å². The molecule has 79 heavy (non-hydrogen) atoms. The van der Waals surface area contributed by atoms with E-state index in [0.29, 0.717) is 62.0 Å². The highest BCUT2D eigenvalue weighted by atomic mass is 32.1. The summed E-state index contributed by atoms with van der Waals surface area (Å²) in [6, 6.07) is 17.0. The van der Waals surface area contributed by atoms with Crippen molar-refractivity contribution in [3.63, 3.8) is 0 Å². The summed E-state index contributed by atoms with van der Waals surface area (Å²) >= 11 is 6.54. The van der Waals surface area contributed by atoms with Crippen molar-refractivity contribution >= 4 is 33.9 Å². The zero-order valence-electron chi connectivity index (χ0n) is 50.4. The molecule has 3 aromatic rings. The van der Waals surface area contributed by atoms with Crippen molar-refractivity contribution in [1.82, 2.24) is 9.66 Å². The number of para-hydroxylation sites is 2. The van der Waals surface area contributed by atoms with E-state index in [1.54, 1.807) is 24.9 Å². The van der Waals surface area contributed by atoms with Crippen LogP contribution in [0.2, 0.25) is 0 Å². The van der Waals surface area contributed by atoms with Crippen molar-refractivity contribution in [1.29, 1.82) is 0 Å². The minimum Gasteiger partial charge on any atom is -0.391 e. The zero-order chi connectivity index (χ0) is 58.0. The molecule has 452 valence electrons. The summed E-state index contributed by atoms with van der Waals surface area (Å²) in [5.41, 5.74) is 0.932. The number of fused-ring (bicyclic) bond motifs is 1. The molecule has 1 aromatic heterocycles. The predicted molar refractivity (Wildman–Crippen MR) is 322 cm³/mol. The molecule has 0 aliphatic rings. The Hall–Kier alpha value is -3.17. The first-order valence-electron chi connectivity index (χ1n) is 30.0. The summed E-state index contributed by atoms with van der Waals surface area (Å²) in [6.45, 7) is 24.1. The lowest BCUT2D eigenvalue weighted by Gasteiger charge is -2.38. The summed E-state index contributed by atoms with van der Waals surface area (Å²) in [5.74, 6) is 0.215. The maximum absolute atomic E-state index is 15.1. The number of hydrogen-bond donors (Lipinski definition) is 3. The third-order valence-corrected chi connectivity index (χ3v) is 13.9. The van der Waals surface area contributed by atoms with E-state index in [4.69, 9.17) is 55.1 Å². The second kappa shape index (κ2) is 40.9. The topological polar surface area (TPSA) is 176 Å². The van der Waals surface area contributed by atoms with Gasteiger partial charge in [0.25, 0.3) is 5.56 Å². The smallest absolute Gasteiger partial charge is 0.280 e. The molecule has 2 aromatic carbocycles. The third kappa shape index (κ3) is 29.6. The first kappa shape index (κ1) is 70.1. The van der Waals surface area contributed by atoms with Crippen LogP contribution in [0.15, 0.2) is 59.4 Å². The quantitative estimate of drug-likeness (QED) is 0.0359. The van der Waals surface area contributed by atoms with Gasteiger partial charge in [-0.05, 0) is 112 Å². The van der Waals surface area contributed by atoms with E-state index in [1.165, 1.54) is 75.3 Å². The molecule has 0 saturated carbocycles. The van der Waals surface area contributed by atoms with Crippen LogP contribution < -0.4 is 15.5 Å². The molecule has 0 radical (unpaired) electrons. The maximum Gasteiger partial charge on any atom is 0.280 e. The fourth-order valence-electron chi connectivity index (χ4n) is 8.84. The minimum atomic E-state index is -1.06. The SMILES string of the molecule is CCCCCCCCCCCCCCCCC(O)c1nc2ccccc2c(=O)n1N(CC(C)OCC(C)OCC(C)OCC(C)OCC(C)O)C(=S)N(CC(C)OCC(C)OCC(C)OCC(C)OCC(C)O)c1ccccc1. The van der Waals surface area contributed by atoms with Gasteiger partial charge in [-0.25, -0.2) is 9.99 Å². The van der Waals surface area contributed by atoms with Gasteiger partial charge in [-0.2, -0.15) is 4.68 Å². The third-order valence-electron chi connectivity index (χ3n) is 13.5. The van der Waals surface area contributed by atoms with Crippen LogP contribution in [0, 0.1) is 0 Å². The molecule has 1 heterocycles. The van der Waals surface area contributed by atoms with Gasteiger partial charge < -0.3 is 58.1 Å². The lowest BCUT2D eigenvalue weighted by atomic mass is 10.0. The van der Waals surface area contributed by atoms with Gasteiger partial charge in [-0.3, -0.25) is 4.79 Å². The monoisotopic (exact) mass is 1130 g/mol. The van der Waals surface area contributed by atoms with Gasteiger partial charge in [0, 0.05) is 5.69 Å². The Morgan fingerprint density at radius 1 is 0.494 bits per heavy atom. The second-order valence-electron chi connectivity index (χ2n) is 22.2. The Kier molecular flexibility index (Phi) is 36.3. The molecular formula is C62H106N4O12S. The lowest BCUT2D eigenvalue weighted by Crippen LogP contribution is -2.57. The van der Waals surface area contributed by atoms with Crippen LogP contribution in [-0.2, 0) is 37.9 Å². The van der Waals surface area contributed by atoms with Crippen molar-refractivity contribution in [3.05, 3.63) is 70.8 Å². The van der Waals surface area contributed by atoms with Crippen LogP contribution >= 0.6 is 12.2 Å². The van der Waals surface area contributed by atoms with Crippen LogP contribution in [0.3, 0.4) is 0 Å². The molecule has 0 aliphatic carbocycles. The van der Waals surface area contributed by atoms with E-state index in [1.807, 2.05) is 109 Å². The van der Waals surface area contributed by atoms with Gasteiger partial charge in [0.2, 0.25) is 0 Å². The molecule has 0 fully saturated rings. The fourth-order valence-corrected chi connectivity index (χ4v) is 9.17. The highest BCUT2D eigenvalue weighted by Crippen LogP contribution is 2.24. The number of nitrogens with zero attached hydrogens (tertiary/aromatic N) is 4. The van der Waals surface area contributed by atoms with Crippen LogP contribution in [-0.4, -0.2) is 157 Å². The zero-order valence-corrected chi connectivity index (χ0v) is 51.3. The number of aliphatic hydroxyl groups excluding tert-OH is 3. The number of hydrogen-bond acceptors (Lipinski definition) is 14.